The normalized spacial score (nSPS) is 12.1. The summed E-state index contributed by atoms with van der Waals surface area (Å²) in [6.07, 6.45) is 6.30. The fraction of sp³-hybridized carbons (Fsp3) is 0.0645. The van der Waals surface area contributed by atoms with Crippen molar-refractivity contribution in [3.8, 4) is 39.8 Å². The van der Waals surface area contributed by atoms with Crippen LogP contribution in [0.15, 0.2) is 91.5 Å². The van der Waals surface area contributed by atoms with Crippen molar-refractivity contribution in [2.45, 2.75) is 12.6 Å². The summed E-state index contributed by atoms with van der Waals surface area (Å²) in [5.41, 5.74) is 6.40. The highest BCUT2D eigenvalue weighted by Gasteiger charge is 2.18. The van der Waals surface area contributed by atoms with Crippen LogP contribution in [0.2, 0.25) is 0 Å². The van der Waals surface area contributed by atoms with Gasteiger partial charge in [-0.3, -0.25) is 20.1 Å². The number of phenolic OH excluding ortho intramolecular Hbond substituents is 1. The van der Waals surface area contributed by atoms with Crippen LogP contribution in [-0.2, 0) is 6.42 Å². The van der Waals surface area contributed by atoms with E-state index in [4.69, 9.17) is 4.98 Å². The molecule has 0 amide bonds. The molecule has 0 bridgehead atoms. The smallest absolute Gasteiger partial charge is 0.159 e. The summed E-state index contributed by atoms with van der Waals surface area (Å²) in [4.78, 5) is 21.3. The minimum atomic E-state index is -0.788. The van der Waals surface area contributed by atoms with Gasteiger partial charge < -0.3 is 20.5 Å². The van der Waals surface area contributed by atoms with Crippen LogP contribution in [0.5, 0.6) is 5.75 Å². The van der Waals surface area contributed by atoms with E-state index >= 15 is 0 Å². The first-order chi connectivity index (χ1) is 20.5. The Bertz CT molecular complexity index is 2040. The molecule has 10 nitrogen and oxygen atoms in total. The Kier molecular flexibility index (Phi) is 6.25. The van der Waals surface area contributed by atoms with Crippen molar-refractivity contribution in [3.05, 3.63) is 103 Å². The monoisotopic (exact) mass is 558 g/mol. The molecule has 0 aliphatic carbocycles. The maximum absolute atomic E-state index is 14.0. The highest BCUT2D eigenvalue weighted by atomic mass is 19.1. The lowest BCUT2D eigenvalue weighted by Crippen LogP contribution is -2.21. The van der Waals surface area contributed by atoms with Crippen molar-refractivity contribution in [2.24, 2.45) is 0 Å². The molecular formula is C31H23FN8O2. The molecule has 5 aromatic heterocycles. The largest absolute Gasteiger partial charge is 0.508 e. The van der Waals surface area contributed by atoms with Gasteiger partial charge in [-0.1, -0.05) is 30.3 Å². The molecule has 0 radical (unpaired) electrons. The molecule has 42 heavy (non-hydrogen) atoms. The molecular weight excluding hydrogens is 535 g/mol. The first kappa shape index (κ1) is 25.3. The topological polar surface area (TPSA) is 149 Å². The molecule has 0 fully saturated rings. The van der Waals surface area contributed by atoms with Crippen LogP contribution in [-0.4, -0.2) is 51.6 Å². The molecule has 7 rings (SSSR count). The van der Waals surface area contributed by atoms with E-state index in [2.05, 4.69) is 35.5 Å². The third-order valence-corrected chi connectivity index (χ3v) is 6.87. The molecule has 5 N–H and O–H groups in total. The molecule has 206 valence electrons. The SMILES string of the molecule is Oc1cc(F)cc(-c2nccc3[nH]c(-c4n[nH]c5cnc(-c6cncc(NC(O)Cc7ccccc7)c6)cc45)nc23)c1. The second kappa shape index (κ2) is 10.4. The summed E-state index contributed by atoms with van der Waals surface area (Å²) in [6.45, 7) is 0. The van der Waals surface area contributed by atoms with Gasteiger partial charge in [0.05, 0.1) is 40.5 Å². The van der Waals surface area contributed by atoms with Crippen LogP contribution < -0.4 is 5.32 Å². The molecule has 5 heterocycles. The van der Waals surface area contributed by atoms with E-state index in [9.17, 15) is 14.6 Å². The fourth-order valence-corrected chi connectivity index (χ4v) is 4.96. The number of nitrogens with zero attached hydrogens (tertiary/aromatic N) is 5. The number of hydrogen-bond acceptors (Lipinski definition) is 8. The number of aromatic hydroxyl groups is 1. The Morgan fingerprint density at radius 1 is 0.881 bits per heavy atom. The first-order valence-corrected chi connectivity index (χ1v) is 13.1. The van der Waals surface area contributed by atoms with Crippen molar-refractivity contribution in [2.75, 3.05) is 5.32 Å². The average Bonchev–Trinajstić information content (AvgIpc) is 3.61. The summed E-state index contributed by atoms with van der Waals surface area (Å²) < 4.78 is 14.0. The van der Waals surface area contributed by atoms with Crippen molar-refractivity contribution < 1.29 is 14.6 Å². The van der Waals surface area contributed by atoms with E-state index < -0.39 is 12.0 Å². The second-order valence-electron chi connectivity index (χ2n) is 9.84. The lowest BCUT2D eigenvalue weighted by Gasteiger charge is -2.14. The molecule has 0 saturated carbocycles. The molecule has 7 aromatic rings. The first-order valence-electron chi connectivity index (χ1n) is 13.1. The average molecular weight is 559 g/mol. The van der Waals surface area contributed by atoms with E-state index in [1.807, 2.05) is 42.5 Å². The third-order valence-electron chi connectivity index (χ3n) is 6.87. The van der Waals surface area contributed by atoms with Crippen molar-refractivity contribution in [1.29, 1.82) is 0 Å². The number of aromatic nitrogens is 7. The quantitative estimate of drug-likeness (QED) is 0.162. The number of rotatable bonds is 7. The number of aliphatic hydroxyl groups excluding tert-OH is 1. The molecule has 2 aromatic carbocycles. The summed E-state index contributed by atoms with van der Waals surface area (Å²) in [5.74, 6) is -0.282. The summed E-state index contributed by atoms with van der Waals surface area (Å²) in [5, 5.41) is 31.8. The van der Waals surface area contributed by atoms with Gasteiger partial charge in [0, 0.05) is 41.4 Å². The number of benzene rings is 2. The van der Waals surface area contributed by atoms with Crippen molar-refractivity contribution >= 4 is 27.6 Å². The Balaban J connectivity index is 1.21. The Morgan fingerprint density at radius 2 is 1.76 bits per heavy atom. The molecule has 0 saturated heterocycles. The number of imidazole rings is 1. The maximum atomic E-state index is 14.0. The molecule has 1 atom stereocenters. The van der Waals surface area contributed by atoms with E-state index in [1.54, 1.807) is 30.9 Å². The molecule has 0 aliphatic heterocycles. The van der Waals surface area contributed by atoms with Crippen molar-refractivity contribution in [1.82, 2.24) is 35.1 Å². The zero-order valence-electron chi connectivity index (χ0n) is 22.0. The van der Waals surface area contributed by atoms with Crippen LogP contribution >= 0.6 is 0 Å². The number of halogens is 1. The van der Waals surface area contributed by atoms with E-state index in [0.29, 0.717) is 57.1 Å². The zero-order valence-corrected chi connectivity index (χ0v) is 22.0. The Morgan fingerprint density at radius 3 is 2.62 bits per heavy atom. The Hall–Kier alpha value is -5.68. The molecule has 11 heteroatoms. The van der Waals surface area contributed by atoms with E-state index in [1.165, 1.54) is 12.1 Å². The summed E-state index contributed by atoms with van der Waals surface area (Å²) in [7, 11) is 0. The number of pyridine rings is 3. The molecule has 1 unspecified atom stereocenters. The zero-order chi connectivity index (χ0) is 28.6. The lowest BCUT2D eigenvalue weighted by molar-refractivity contribution is 0.204. The Labute approximate surface area is 238 Å². The highest BCUT2D eigenvalue weighted by Crippen LogP contribution is 2.33. The number of anilines is 1. The van der Waals surface area contributed by atoms with Gasteiger partial charge in [0.1, 0.15) is 29.0 Å². The minimum Gasteiger partial charge on any atom is -0.508 e. The third kappa shape index (κ3) is 4.88. The van der Waals surface area contributed by atoms with Gasteiger partial charge in [0.15, 0.2) is 5.82 Å². The number of H-pyrrole nitrogens is 2. The number of aromatic amines is 2. The van der Waals surface area contributed by atoms with Gasteiger partial charge in [0.25, 0.3) is 0 Å². The van der Waals surface area contributed by atoms with Gasteiger partial charge in [-0.05, 0) is 35.9 Å². The minimum absolute atomic E-state index is 0.197. The predicted molar refractivity (Wildman–Crippen MR) is 157 cm³/mol. The van der Waals surface area contributed by atoms with Crippen molar-refractivity contribution in [3.63, 3.8) is 0 Å². The van der Waals surface area contributed by atoms with Crippen LogP contribution in [0.4, 0.5) is 10.1 Å². The number of phenols is 1. The van der Waals surface area contributed by atoms with Gasteiger partial charge in [-0.25, -0.2) is 9.37 Å². The van der Waals surface area contributed by atoms with Crippen LogP contribution in [0, 0.1) is 5.82 Å². The number of nitrogens with one attached hydrogen (secondary N) is 3. The van der Waals surface area contributed by atoms with Gasteiger partial charge in [0.2, 0.25) is 0 Å². The predicted octanol–water partition coefficient (Wildman–Crippen LogP) is 5.44. The van der Waals surface area contributed by atoms with Gasteiger partial charge in [-0.2, -0.15) is 5.10 Å². The highest BCUT2D eigenvalue weighted by molar-refractivity contribution is 5.97. The molecule has 0 aliphatic rings. The van der Waals surface area contributed by atoms with Gasteiger partial charge >= 0.3 is 0 Å². The van der Waals surface area contributed by atoms with E-state index in [-0.39, 0.29) is 5.75 Å². The fourth-order valence-electron chi connectivity index (χ4n) is 4.96. The number of fused-ring (bicyclic) bond motifs is 2. The summed E-state index contributed by atoms with van der Waals surface area (Å²) in [6, 6.07) is 19.1. The van der Waals surface area contributed by atoms with Gasteiger partial charge in [-0.15, -0.1) is 0 Å². The molecule has 0 spiro atoms. The van der Waals surface area contributed by atoms with Crippen LogP contribution in [0.3, 0.4) is 0 Å². The van der Waals surface area contributed by atoms with Crippen LogP contribution in [0.1, 0.15) is 5.56 Å². The van der Waals surface area contributed by atoms with E-state index in [0.717, 1.165) is 22.6 Å². The lowest BCUT2D eigenvalue weighted by atomic mass is 10.1. The number of aliphatic hydroxyl groups is 1. The maximum Gasteiger partial charge on any atom is 0.159 e. The summed E-state index contributed by atoms with van der Waals surface area (Å²) >= 11 is 0. The standard InChI is InChI=1S/C31H23FN8O2/c32-20-9-18(11-22(41)12-20)28-30-24(6-7-34-28)37-31(38-30)29-23-13-25(35-16-26(23)39-40-29)19-10-21(15-33-14-19)36-27(42)8-17-4-2-1-3-5-17/h1-7,9-16,27,36,41-42H,8H2,(H,37,38)(H,39,40). The number of hydrogen-bond donors (Lipinski definition) is 5. The van der Waals surface area contributed by atoms with Crippen LogP contribution in [0.25, 0.3) is 56.0 Å². The second-order valence-corrected chi connectivity index (χ2v) is 9.84.